The highest BCUT2D eigenvalue weighted by Crippen LogP contribution is 2.29. The summed E-state index contributed by atoms with van der Waals surface area (Å²) in [6.45, 7) is 2.02. The monoisotopic (exact) mass is 410 g/mol. The first-order valence-corrected chi connectivity index (χ1v) is 10.5. The Morgan fingerprint density at radius 2 is 1.58 bits per heavy atom. The van der Waals surface area contributed by atoms with Gasteiger partial charge < -0.3 is 14.6 Å². The van der Waals surface area contributed by atoms with E-state index < -0.39 is 5.63 Å². The molecule has 0 unspecified atom stereocenters. The molecule has 1 aromatic heterocycles. The largest absolute Gasteiger partial charge is 0.422 e. The van der Waals surface area contributed by atoms with E-state index in [9.17, 15) is 9.59 Å². The Labute approximate surface area is 179 Å². The molecule has 31 heavy (non-hydrogen) atoms. The zero-order valence-corrected chi connectivity index (χ0v) is 17.0. The Bertz CT molecular complexity index is 1300. The second-order valence-corrected chi connectivity index (χ2v) is 7.73. The van der Waals surface area contributed by atoms with E-state index in [0.717, 1.165) is 29.9 Å². The first-order chi connectivity index (χ1) is 15.2. The van der Waals surface area contributed by atoms with Crippen molar-refractivity contribution in [3.8, 4) is 11.1 Å². The molecule has 0 bridgehead atoms. The van der Waals surface area contributed by atoms with E-state index in [1.165, 1.54) is 12.8 Å². The number of amides is 1. The lowest BCUT2D eigenvalue weighted by Crippen LogP contribution is -2.21. The molecule has 3 aromatic carbocycles. The van der Waals surface area contributed by atoms with E-state index in [-0.39, 0.29) is 5.91 Å². The van der Waals surface area contributed by atoms with Crippen molar-refractivity contribution in [2.45, 2.75) is 12.8 Å². The molecule has 1 amide bonds. The fraction of sp³-hybridized carbons (Fsp3) is 0.154. The lowest BCUT2D eigenvalue weighted by molar-refractivity contribution is 0.102. The molecule has 1 saturated heterocycles. The van der Waals surface area contributed by atoms with E-state index in [2.05, 4.69) is 10.2 Å². The third-order valence-corrected chi connectivity index (χ3v) is 5.70. The van der Waals surface area contributed by atoms with Gasteiger partial charge >= 0.3 is 5.63 Å². The van der Waals surface area contributed by atoms with Crippen molar-refractivity contribution in [2.75, 3.05) is 23.3 Å². The number of fused-ring (bicyclic) bond motifs is 1. The number of benzene rings is 3. The molecule has 1 aliphatic heterocycles. The van der Waals surface area contributed by atoms with Crippen LogP contribution in [0.1, 0.15) is 23.2 Å². The molecule has 5 heteroatoms. The van der Waals surface area contributed by atoms with Crippen LogP contribution in [-0.2, 0) is 0 Å². The summed E-state index contributed by atoms with van der Waals surface area (Å²) >= 11 is 0. The maximum atomic E-state index is 12.9. The van der Waals surface area contributed by atoms with Crippen molar-refractivity contribution in [1.82, 2.24) is 0 Å². The van der Waals surface area contributed by atoms with Gasteiger partial charge in [-0.3, -0.25) is 4.79 Å². The molecule has 0 saturated carbocycles. The average Bonchev–Trinajstić information content (AvgIpc) is 3.34. The highest BCUT2D eigenvalue weighted by molar-refractivity contribution is 6.06. The molecule has 5 rings (SSSR count). The number of nitrogens with zero attached hydrogens (tertiary/aromatic N) is 1. The molecular weight excluding hydrogens is 388 g/mol. The molecule has 154 valence electrons. The van der Waals surface area contributed by atoms with E-state index >= 15 is 0 Å². The lowest BCUT2D eigenvalue weighted by atomic mass is 10.0. The summed E-state index contributed by atoms with van der Waals surface area (Å²) < 4.78 is 5.43. The van der Waals surface area contributed by atoms with Crippen LogP contribution < -0.4 is 15.8 Å². The molecule has 4 aromatic rings. The minimum Gasteiger partial charge on any atom is -0.422 e. The van der Waals surface area contributed by atoms with Crippen LogP contribution in [0.5, 0.6) is 0 Å². The van der Waals surface area contributed by atoms with E-state index in [1.54, 1.807) is 30.3 Å². The molecule has 0 spiro atoms. The van der Waals surface area contributed by atoms with Crippen molar-refractivity contribution in [3.63, 3.8) is 0 Å². The normalized spacial score (nSPS) is 13.5. The number of rotatable bonds is 4. The van der Waals surface area contributed by atoms with Crippen LogP contribution in [0.3, 0.4) is 0 Å². The summed E-state index contributed by atoms with van der Waals surface area (Å²) in [4.78, 5) is 27.6. The van der Waals surface area contributed by atoms with Crippen LogP contribution in [0.2, 0.25) is 0 Å². The van der Waals surface area contributed by atoms with Crippen LogP contribution in [0.25, 0.3) is 22.1 Å². The minimum atomic E-state index is -0.393. The topological polar surface area (TPSA) is 62.6 Å². The molecule has 5 nitrogen and oxygen atoms in total. The van der Waals surface area contributed by atoms with E-state index in [4.69, 9.17) is 4.42 Å². The number of carbonyl (C=O) groups excluding carboxylic acids is 1. The quantitative estimate of drug-likeness (QED) is 0.463. The SMILES string of the molecule is O=C(Nc1ccccc1N1CCCC1)c1ccc(-c2cc3ccccc3oc2=O)cc1. The third kappa shape index (κ3) is 3.82. The number of para-hydroxylation sites is 3. The van der Waals surface area contributed by atoms with Crippen LogP contribution >= 0.6 is 0 Å². The fourth-order valence-corrected chi connectivity index (χ4v) is 4.07. The summed E-state index contributed by atoms with van der Waals surface area (Å²) in [5, 5.41) is 3.90. The van der Waals surface area contributed by atoms with Gasteiger partial charge in [0.25, 0.3) is 5.91 Å². The van der Waals surface area contributed by atoms with E-state index in [1.807, 2.05) is 48.5 Å². The maximum Gasteiger partial charge on any atom is 0.344 e. The van der Waals surface area contributed by atoms with Gasteiger partial charge in [-0.15, -0.1) is 0 Å². The minimum absolute atomic E-state index is 0.177. The van der Waals surface area contributed by atoms with Crippen LogP contribution in [0.15, 0.2) is 88.1 Å². The average molecular weight is 410 g/mol. The summed E-state index contributed by atoms with van der Waals surface area (Å²) in [6.07, 6.45) is 2.35. The second-order valence-electron chi connectivity index (χ2n) is 7.73. The summed E-state index contributed by atoms with van der Waals surface area (Å²) in [6, 6.07) is 24.2. The first-order valence-electron chi connectivity index (χ1n) is 10.5. The van der Waals surface area contributed by atoms with Crippen LogP contribution in [-0.4, -0.2) is 19.0 Å². The zero-order chi connectivity index (χ0) is 21.2. The number of carbonyl (C=O) groups is 1. The lowest BCUT2D eigenvalue weighted by Gasteiger charge is -2.21. The molecule has 1 N–H and O–H groups in total. The molecule has 1 fully saturated rings. The summed E-state index contributed by atoms with van der Waals surface area (Å²) in [7, 11) is 0. The molecule has 0 atom stereocenters. The van der Waals surface area contributed by atoms with Gasteiger partial charge in [-0.1, -0.05) is 42.5 Å². The smallest absolute Gasteiger partial charge is 0.344 e. The predicted octanol–water partition coefficient (Wildman–Crippen LogP) is 5.31. The molecule has 0 radical (unpaired) electrons. The van der Waals surface area contributed by atoms with Crippen molar-refractivity contribution < 1.29 is 9.21 Å². The van der Waals surface area contributed by atoms with Gasteiger partial charge in [0, 0.05) is 24.0 Å². The van der Waals surface area contributed by atoms with E-state index in [0.29, 0.717) is 22.3 Å². The highest BCUT2D eigenvalue weighted by atomic mass is 16.4. The van der Waals surface area contributed by atoms with Crippen LogP contribution in [0, 0.1) is 0 Å². The number of hydrogen-bond donors (Lipinski definition) is 1. The van der Waals surface area contributed by atoms with Gasteiger partial charge in [0.2, 0.25) is 0 Å². The Morgan fingerprint density at radius 1 is 0.871 bits per heavy atom. The summed E-state index contributed by atoms with van der Waals surface area (Å²) in [5.74, 6) is -0.177. The van der Waals surface area contributed by atoms with Crippen molar-refractivity contribution >= 4 is 28.3 Å². The van der Waals surface area contributed by atoms with Gasteiger partial charge in [0.05, 0.1) is 16.9 Å². The Hall–Kier alpha value is -3.86. The Kier molecular flexibility index (Phi) is 5.00. The van der Waals surface area contributed by atoms with Crippen molar-refractivity contribution in [3.05, 3.63) is 94.8 Å². The van der Waals surface area contributed by atoms with Gasteiger partial charge in [-0.05, 0) is 54.8 Å². The Morgan fingerprint density at radius 3 is 2.39 bits per heavy atom. The number of hydrogen-bond acceptors (Lipinski definition) is 4. The number of nitrogens with one attached hydrogen (secondary N) is 1. The molecule has 0 aliphatic carbocycles. The highest BCUT2D eigenvalue weighted by Gasteiger charge is 2.17. The summed E-state index contributed by atoms with van der Waals surface area (Å²) in [5.41, 5.74) is 3.76. The van der Waals surface area contributed by atoms with Gasteiger partial charge in [-0.2, -0.15) is 0 Å². The number of anilines is 2. The standard InChI is InChI=1S/C26H22N2O3/c29-25(27-22-8-2-3-9-23(22)28-15-5-6-16-28)19-13-11-18(12-14-19)21-17-20-7-1-4-10-24(20)31-26(21)30/h1-4,7-14,17H,5-6,15-16H2,(H,27,29). The third-order valence-electron chi connectivity index (χ3n) is 5.70. The van der Waals surface area contributed by atoms with Crippen molar-refractivity contribution in [1.29, 1.82) is 0 Å². The Balaban J connectivity index is 1.39. The van der Waals surface area contributed by atoms with Crippen LogP contribution in [0.4, 0.5) is 11.4 Å². The second kappa shape index (κ2) is 8.11. The van der Waals surface area contributed by atoms with Gasteiger partial charge in [0.1, 0.15) is 5.58 Å². The first kappa shape index (κ1) is 19.1. The molecule has 1 aliphatic rings. The van der Waals surface area contributed by atoms with Crippen molar-refractivity contribution in [2.24, 2.45) is 0 Å². The van der Waals surface area contributed by atoms with Gasteiger partial charge in [0.15, 0.2) is 0 Å². The van der Waals surface area contributed by atoms with Gasteiger partial charge in [-0.25, -0.2) is 4.79 Å². The maximum absolute atomic E-state index is 12.9. The predicted molar refractivity (Wildman–Crippen MR) is 124 cm³/mol. The molecular formula is C26H22N2O3. The fourth-order valence-electron chi connectivity index (χ4n) is 4.07. The zero-order valence-electron chi connectivity index (χ0n) is 17.0. The molecule has 2 heterocycles.